The summed E-state index contributed by atoms with van der Waals surface area (Å²) in [5.74, 6) is -0.933. The van der Waals surface area contributed by atoms with Crippen LogP contribution in [0.4, 0.5) is 10.5 Å². The molecule has 3 aliphatic heterocycles. The van der Waals surface area contributed by atoms with E-state index in [1.165, 1.54) is 5.69 Å². The molecule has 1 amide bonds. The lowest BCUT2D eigenvalue weighted by Crippen LogP contribution is -2.45. The van der Waals surface area contributed by atoms with Gasteiger partial charge in [0.05, 0.1) is 18.6 Å². The lowest BCUT2D eigenvalue weighted by atomic mass is 9.88. The molecule has 1 aromatic rings. The SMILES string of the molecule is O=C(O)CC1(O)CCN(CCCCCC2CN(C3CCN(c4ccncc4)CC3)C(=O)O2)CC1. The monoisotopic (exact) mass is 474 g/mol. The van der Waals surface area contributed by atoms with E-state index in [1.807, 2.05) is 29.4 Å². The van der Waals surface area contributed by atoms with Gasteiger partial charge in [-0.05, 0) is 63.6 Å². The molecule has 0 aliphatic carbocycles. The molecule has 2 N–H and O–H groups in total. The fraction of sp³-hybridized carbons (Fsp3) is 0.720. The number of aromatic nitrogens is 1. The molecule has 9 nitrogen and oxygen atoms in total. The summed E-state index contributed by atoms with van der Waals surface area (Å²) in [6.45, 7) is 5.04. The van der Waals surface area contributed by atoms with Crippen LogP contribution in [0.5, 0.6) is 0 Å². The summed E-state index contributed by atoms with van der Waals surface area (Å²) in [7, 11) is 0. The number of amides is 1. The second kappa shape index (κ2) is 11.4. The molecule has 9 heteroatoms. The lowest BCUT2D eigenvalue weighted by molar-refractivity contribution is -0.144. The fourth-order valence-corrected chi connectivity index (χ4v) is 5.52. The van der Waals surface area contributed by atoms with Gasteiger partial charge < -0.3 is 29.6 Å². The summed E-state index contributed by atoms with van der Waals surface area (Å²) in [5.41, 5.74) is 0.145. The molecule has 188 valence electrons. The maximum atomic E-state index is 12.5. The van der Waals surface area contributed by atoms with E-state index >= 15 is 0 Å². The highest BCUT2D eigenvalue weighted by Gasteiger charge is 2.37. The van der Waals surface area contributed by atoms with E-state index in [2.05, 4.69) is 14.8 Å². The highest BCUT2D eigenvalue weighted by molar-refractivity contribution is 5.70. The van der Waals surface area contributed by atoms with E-state index < -0.39 is 11.6 Å². The Kier molecular flexibility index (Phi) is 8.26. The number of hydrogen-bond acceptors (Lipinski definition) is 7. The Hall–Kier alpha value is -2.39. The number of piperidine rings is 2. The summed E-state index contributed by atoms with van der Waals surface area (Å²) < 4.78 is 5.67. The molecule has 4 rings (SSSR count). The van der Waals surface area contributed by atoms with Crippen molar-refractivity contribution in [2.45, 2.75) is 75.5 Å². The number of aliphatic carboxylic acids is 1. The maximum Gasteiger partial charge on any atom is 0.410 e. The van der Waals surface area contributed by atoms with Crippen LogP contribution >= 0.6 is 0 Å². The van der Waals surface area contributed by atoms with Crippen LogP contribution < -0.4 is 4.90 Å². The molecular formula is C25H38N4O5. The number of carbonyl (C=O) groups excluding carboxylic acids is 1. The zero-order chi connectivity index (χ0) is 24.0. The standard InChI is InChI=1S/C25H38N4O5/c30-23(31)18-25(33)9-16-27(17-10-25)13-3-1-2-4-22-19-29(24(32)34-22)21-7-14-28(15-8-21)20-5-11-26-12-6-20/h5-6,11-12,21-22,33H,1-4,7-10,13-19H2,(H,30,31). The Bertz CT molecular complexity index is 807. The van der Waals surface area contributed by atoms with E-state index in [0.717, 1.165) is 71.2 Å². The van der Waals surface area contributed by atoms with Crippen LogP contribution in [0.15, 0.2) is 24.5 Å². The highest BCUT2D eigenvalue weighted by Crippen LogP contribution is 2.28. The van der Waals surface area contributed by atoms with Gasteiger partial charge in [0.25, 0.3) is 0 Å². The zero-order valence-corrected chi connectivity index (χ0v) is 20.0. The van der Waals surface area contributed by atoms with Crippen LogP contribution in [0.25, 0.3) is 0 Å². The van der Waals surface area contributed by atoms with Gasteiger partial charge in [-0.2, -0.15) is 0 Å². The van der Waals surface area contributed by atoms with Crippen LogP contribution in [0, 0.1) is 0 Å². The van der Waals surface area contributed by atoms with Crippen molar-refractivity contribution in [3.63, 3.8) is 0 Å². The third-order valence-electron chi connectivity index (χ3n) is 7.60. The van der Waals surface area contributed by atoms with Crippen LogP contribution in [0.3, 0.4) is 0 Å². The second-order valence-electron chi connectivity index (χ2n) is 10.1. The van der Waals surface area contributed by atoms with Gasteiger partial charge in [0.1, 0.15) is 6.10 Å². The Morgan fingerprint density at radius 1 is 1.09 bits per heavy atom. The third kappa shape index (κ3) is 6.60. The molecule has 0 bridgehead atoms. The van der Waals surface area contributed by atoms with Crippen molar-refractivity contribution < 1.29 is 24.5 Å². The number of carboxylic acid groups (broad SMARTS) is 1. The van der Waals surface area contributed by atoms with Crippen molar-refractivity contribution in [3.8, 4) is 0 Å². The molecule has 3 aliphatic rings. The van der Waals surface area contributed by atoms with Crippen molar-refractivity contribution in [1.82, 2.24) is 14.8 Å². The molecule has 34 heavy (non-hydrogen) atoms. The number of nitrogens with zero attached hydrogens (tertiary/aromatic N) is 4. The maximum absolute atomic E-state index is 12.5. The molecular weight excluding hydrogens is 436 g/mol. The number of cyclic esters (lactones) is 1. The van der Waals surface area contributed by atoms with Crippen molar-refractivity contribution >= 4 is 17.7 Å². The molecule has 1 atom stereocenters. The van der Waals surface area contributed by atoms with Crippen molar-refractivity contribution in [3.05, 3.63) is 24.5 Å². The number of carbonyl (C=O) groups is 2. The van der Waals surface area contributed by atoms with E-state index in [4.69, 9.17) is 9.84 Å². The van der Waals surface area contributed by atoms with Gasteiger partial charge >= 0.3 is 12.1 Å². The van der Waals surface area contributed by atoms with E-state index in [1.54, 1.807) is 0 Å². The number of unbranched alkanes of at least 4 members (excludes halogenated alkanes) is 2. The second-order valence-corrected chi connectivity index (χ2v) is 10.1. The third-order valence-corrected chi connectivity index (χ3v) is 7.60. The molecule has 0 spiro atoms. The molecule has 4 heterocycles. The molecule has 0 radical (unpaired) electrons. The first kappa shape index (κ1) is 24.7. The minimum absolute atomic E-state index is 0.00765. The number of anilines is 1. The molecule has 3 saturated heterocycles. The van der Waals surface area contributed by atoms with Gasteiger partial charge in [-0.1, -0.05) is 6.42 Å². The summed E-state index contributed by atoms with van der Waals surface area (Å²) >= 11 is 0. The topological polar surface area (TPSA) is 106 Å². The van der Waals surface area contributed by atoms with Crippen LogP contribution in [0.2, 0.25) is 0 Å². The van der Waals surface area contributed by atoms with E-state index in [-0.39, 0.29) is 24.7 Å². The number of pyridine rings is 1. The largest absolute Gasteiger partial charge is 0.481 e. The zero-order valence-electron chi connectivity index (χ0n) is 20.0. The number of likely N-dealkylation sites (tertiary alicyclic amines) is 1. The number of hydrogen-bond donors (Lipinski definition) is 2. The predicted octanol–water partition coefficient (Wildman–Crippen LogP) is 2.73. The summed E-state index contributed by atoms with van der Waals surface area (Å²) in [6.07, 6.45) is 10.3. The molecule has 0 aromatic carbocycles. The first-order chi connectivity index (χ1) is 16.4. The van der Waals surface area contributed by atoms with Crippen LogP contribution in [-0.2, 0) is 9.53 Å². The average molecular weight is 475 g/mol. The number of aliphatic hydroxyl groups is 1. The molecule has 1 aromatic heterocycles. The quantitative estimate of drug-likeness (QED) is 0.499. The smallest absolute Gasteiger partial charge is 0.410 e. The molecule has 0 saturated carbocycles. The average Bonchev–Trinajstić information content (AvgIpc) is 3.20. The van der Waals surface area contributed by atoms with Gasteiger partial charge in [0.15, 0.2) is 0 Å². The van der Waals surface area contributed by atoms with Gasteiger partial charge in [-0.25, -0.2) is 4.79 Å². The predicted molar refractivity (Wildman–Crippen MR) is 128 cm³/mol. The Morgan fingerprint density at radius 3 is 2.47 bits per heavy atom. The summed E-state index contributed by atoms with van der Waals surface area (Å²) in [6, 6.07) is 4.32. The first-order valence-corrected chi connectivity index (χ1v) is 12.7. The van der Waals surface area contributed by atoms with Crippen LogP contribution in [0.1, 0.15) is 57.8 Å². The Balaban J connectivity index is 1.09. The Labute approximate surface area is 201 Å². The minimum Gasteiger partial charge on any atom is -0.481 e. The minimum atomic E-state index is -1.05. The molecule has 3 fully saturated rings. The van der Waals surface area contributed by atoms with Crippen molar-refractivity contribution in [2.24, 2.45) is 0 Å². The Morgan fingerprint density at radius 2 is 1.79 bits per heavy atom. The highest BCUT2D eigenvalue weighted by atomic mass is 16.6. The van der Waals surface area contributed by atoms with Crippen molar-refractivity contribution in [1.29, 1.82) is 0 Å². The van der Waals surface area contributed by atoms with Gasteiger partial charge in [-0.3, -0.25) is 9.78 Å². The van der Waals surface area contributed by atoms with Gasteiger partial charge in [0.2, 0.25) is 0 Å². The van der Waals surface area contributed by atoms with E-state index in [9.17, 15) is 14.7 Å². The van der Waals surface area contributed by atoms with Crippen molar-refractivity contribution in [2.75, 3.05) is 44.2 Å². The summed E-state index contributed by atoms with van der Waals surface area (Å²) in [4.78, 5) is 34.1. The molecule has 1 unspecified atom stereocenters. The van der Waals surface area contributed by atoms with Gasteiger partial charge in [-0.15, -0.1) is 0 Å². The van der Waals surface area contributed by atoms with Gasteiger partial charge in [0, 0.05) is 50.3 Å². The van der Waals surface area contributed by atoms with E-state index in [0.29, 0.717) is 19.4 Å². The summed E-state index contributed by atoms with van der Waals surface area (Å²) in [5, 5.41) is 19.3. The number of ether oxygens (including phenoxy) is 1. The van der Waals surface area contributed by atoms with Crippen LogP contribution in [-0.4, -0.2) is 94.1 Å². The number of carboxylic acids is 1. The number of rotatable bonds is 10. The first-order valence-electron chi connectivity index (χ1n) is 12.7. The fourth-order valence-electron chi connectivity index (χ4n) is 5.52. The lowest BCUT2D eigenvalue weighted by Gasteiger charge is -2.37. The normalized spacial score (nSPS) is 23.8.